The number of non-ortho nitro benzene ring substituents is 1. The molecule has 1 aromatic heterocycles. The van der Waals surface area contributed by atoms with E-state index in [1.165, 1.54) is 18.2 Å². The maximum atomic E-state index is 12.8. The van der Waals surface area contributed by atoms with Crippen molar-refractivity contribution in [3.63, 3.8) is 0 Å². The average Bonchev–Trinajstić information content (AvgIpc) is 2.67. The summed E-state index contributed by atoms with van der Waals surface area (Å²) in [5.41, 5.74) is 1.01. The molecule has 0 atom stereocenters. The first-order valence-corrected chi connectivity index (χ1v) is 9.34. The van der Waals surface area contributed by atoms with Crippen LogP contribution in [0.3, 0.4) is 0 Å². The van der Waals surface area contributed by atoms with Gasteiger partial charge in [-0.3, -0.25) is 14.9 Å². The summed E-state index contributed by atoms with van der Waals surface area (Å²) in [6, 6.07) is 5.83. The van der Waals surface area contributed by atoms with Crippen LogP contribution in [-0.2, 0) is 0 Å². The van der Waals surface area contributed by atoms with Crippen LogP contribution in [-0.4, -0.2) is 58.4 Å². The number of nitrogens with one attached hydrogen (secondary N) is 1. The van der Waals surface area contributed by atoms with Crippen LogP contribution < -0.4 is 10.2 Å². The normalized spacial score (nSPS) is 14.1. The van der Waals surface area contributed by atoms with E-state index < -0.39 is 4.92 Å². The molecule has 1 fully saturated rings. The number of rotatable bonds is 5. The second-order valence-corrected chi connectivity index (χ2v) is 6.83. The lowest BCUT2D eigenvalue weighted by Gasteiger charge is -2.35. The van der Waals surface area contributed by atoms with Crippen LogP contribution in [0.25, 0.3) is 0 Å². The number of amides is 1. The summed E-state index contributed by atoms with van der Waals surface area (Å²) in [6.45, 7) is 6.90. The minimum atomic E-state index is -0.537. The van der Waals surface area contributed by atoms with Gasteiger partial charge in [-0.2, -0.15) is 4.98 Å². The number of piperazine rings is 1. The van der Waals surface area contributed by atoms with Crippen molar-refractivity contribution in [1.29, 1.82) is 0 Å². The van der Waals surface area contributed by atoms with Crippen molar-refractivity contribution < 1.29 is 9.72 Å². The summed E-state index contributed by atoms with van der Waals surface area (Å²) in [6.07, 6.45) is 0. The van der Waals surface area contributed by atoms with Gasteiger partial charge >= 0.3 is 0 Å². The molecule has 148 valence electrons. The molecule has 0 saturated carbocycles. The molecule has 1 aliphatic rings. The lowest BCUT2D eigenvalue weighted by atomic mass is 10.1. The Kier molecular flexibility index (Phi) is 5.93. The first-order chi connectivity index (χ1) is 13.4. The molecule has 1 amide bonds. The van der Waals surface area contributed by atoms with Gasteiger partial charge in [0.25, 0.3) is 11.6 Å². The molecule has 10 heteroatoms. The Hall–Kier alpha value is -2.94. The summed E-state index contributed by atoms with van der Waals surface area (Å²) in [4.78, 5) is 35.7. The molecule has 1 aliphatic heterocycles. The SMILES string of the molecule is CCNc1nc(C)cc(N2CCN(C(=O)c3ccc([N+](=O)[O-])cc3Cl)CC2)n1. The van der Waals surface area contributed by atoms with Gasteiger partial charge in [-0.05, 0) is 19.9 Å². The molecule has 1 saturated heterocycles. The number of nitro groups is 1. The zero-order valence-electron chi connectivity index (χ0n) is 15.7. The second-order valence-electron chi connectivity index (χ2n) is 6.42. The quantitative estimate of drug-likeness (QED) is 0.603. The summed E-state index contributed by atoms with van der Waals surface area (Å²) in [7, 11) is 0. The van der Waals surface area contributed by atoms with Crippen LogP contribution in [0.5, 0.6) is 0 Å². The van der Waals surface area contributed by atoms with Crippen molar-refractivity contribution in [2.75, 3.05) is 42.9 Å². The molecule has 0 unspecified atom stereocenters. The third kappa shape index (κ3) is 4.30. The predicted molar refractivity (Wildman–Crippen MR) is 107 cm³/mol. The van der Waals surface area contributed by atoms with E-state index in [1.807, 2.05) is 19.9 Å². The van der Waals surface area contributed by atoms with Crippen LogP contribution in [0.1, 0.15) is 23.0 Å². The number of carbonyl (C=O) groups excluding carboxylic acids is 1. The highest BCUT2D eigenvalue weighted by atomic mass is 35.5. The van der Waals surface area contributed by atoms with Gasteiger partial charge in [-0.1, -0.05) is 11.6 Å². The Morgan fingerprint density at radius 2 is 1.96 bits per heavy atom. The fourth-order valence-corrected chi connectivity index (χ4v) is 3.31. The molecule has 2 heterocycles. The van der Waals surface area contributed by atoms with Crippen LogP contribution in [0.15, 0.2) is 24.3 Å². The fraction of sp³-hybridized carbons (Fsp3) is 0.389. The maximum Gasteiger partial charge on any atom is 0.270 e. The Morgan fingerprint density at radius 1 is 1.25 bits per heavy atom. The third-order valence-corrected chi connectivity index (χ3v) is 4.77. The topological polar surface area (TPSA) is 105 Å². The maximum absolute atomic E-state index is 12.8. The highest BCUT2D eigenvalue weighted by Gasteiger charge is 2.25. The van der Waals surface area contributed by atoms with Crippen molar-refractivity contribution >= 4 is 35.0 Å². The molecule has 0 radical (unpaired) electrons. The first kappa shape index (κ1) is 19.8. The summed E-state index contributed by atoms with van der Waals surface area (Å²) in [5, 5.41) is 14.0. The van der Waals surface area contributed by atoms with Gasteiger partial charge in [0.1, 0.15) is 5.82 Å². The van der Waals surface area contributed by atoms with Crippen LogP contribution in [0.2, 0.25) is 5.02 Å². The summed E-state index contributed by atoms with van der Waals surface area (Å²) in [5.74, 6) is 1.18. The number of nitrogens with zero attached hydrogens (tertiary/aromatic N) is 5. The molecule has 9 nitrogen and oxygen atoms in total. The lowest BCUT2D eigenvalue weighted by molar-refractivity contribution is -0.384. The highest BCUT2D eigenvalue weighted by Crippen LogP contribution is 2.25. The second kappa shape index (κ2) is 8.39. The largest absolute Gasteiger partial charge is 0.354 e. The number of hydrogen-bond acceptors (Lipinski definition) is 7. The van der Waals surface area contributed by atoms with Crippen molar-refractivity contribution in [3.05, 3.63) is 50.7 Å². The van der Waals surface area contributed by atoms with Gasteiger partial charge in [-0.25, -0.2) is 4.98 Å². The minimum Gasteiger partial charge on any atom is -0.354 e. The van der Waals surface area contributed by atoms with E-state index in [9.17, 15) is 14.9 Å². The monoisotopic (exact) mass is 404 g/mol. The highest BCUT2D eigenvalue weighted by molar-refractivity contribution is 6.34. The van der Waals surface area contributed by atoms with Gasteiger partial charge in [0, 0.05) is 56.6 Å². The molecule has 0 bridgehead atoms. The number of aryl methyl sites for hydroxylation is 1. The molecule has 0 aliphatic carbocycles. The van der Waals surface area contributed by atoms with Crippen molar-refractivity contribution in [2.24, 2.45) is 0 Å². The van der Waals surface area contributed by atoms with Crippen molar-refractivity contribution in [3.8, 4) is 0 Å². The van der Waals surface area contributed by atoms with Gasteiger partial charge in [0.05, 0.1) is 15.5 Å². The van der Waals surface area contributed by atoms with Crippen LogP contribution in [0.4, 0.5) is 17.5 Å². The standard InChI is InChI=1S/C18H21ClN6O3/c1-3-20-18-21-12(2)10-16(22-18)23-6-8-24(9-7-23)17(26)14-5-4-13(25(27)28)11-15(14)19/h4-5,10-11H,3,6-9H2,1-2H3,(H,20,21,22). The number of hydrogen-bond donors (Lipinski definition) is 1. The van der Waals surface area contributed by atoms with Gasteiger partial charge in [0.15, 0.2) is 0 Å². The van der Waals surface area contributed by atoms with E-state index in [2.05, 4.69) is 20.2 Å². The molecule has 3 rings (SSSR count). The molecular formula is C18H21ClN6O3. The number of halogens is 1. The van der Waals surface area contributed by atoms with E-state index in [1.54, 1.807) is 4.90 Å². The van der Waals surface area contributed by atoms with Crippen molar-refractivity contribution in [1.82, 2.24) is 14.9 Å². The third-order valence-electron chi connectivity index (χ3n) is 4.46. The van der Waals surface area contributed by atoms with Gasteiger partial charge in [-0.15, -0.1) is 0 Å². The summed E-state index contributed by atoms with van der Waals surface area (Å²) < 4.78 is 0. The Labute approximate surface area is 167 Å². The number of carbonyl (C=O) groups is 1. The number of nitro benzene ring substituents is 1. The molecule has 0 spiro atoms. The lowest BCUT2D eigenvalue weighted by Crippen LogP contribution is -2.49. The van der Waals surface area contributed by atoms with E-state index in [0.717, 1.165) is 18.1 Å². The molecular weight excluding hydrogens is 384 g/mol. The minimum absolute atomic E-state index is 0.0864. The fourth-order valence-electron chi connectivity index (χ4n) is 3.05. The van der Waals surface area contributed by atoms with Crippen molar-refractivity contribution in [2.45, 2.75) is 13.8 Å². The van der Waals surface area contributed by atoms with E-state index in [0.29, 0.717) is 32.1 Å². The molecule has 1 N–H and O–H groups in total. The Morgan fingerprint density at radius 3 is 2.57 bits per heavy atom. The first-order valence-electron chi connectivity index (χ1n) is 8.96. The Bertz CT molecular complexity index is 899. The molecule has 2 aromatic rings. The van der Waals surface area contributed by atoms with E-state index in [-0.39, 0.29) is 22.2 Å². The number of aromatic nitrogens is 2. The summed E-state index contributed by atoms with van der Waals surface area (Å²) >= 11 is 6.09. The smallest absolute Gasteiger partial charge is 0.270 e. The van der Waals surface area contributed by atoms with E-state index >= 15 is 0 Å². The zero-order valence-corrected chi connectivity index (χ0v) is 16.4. The van der Waals surface area contributed by atoms with Gasteiger partial charge in [0.2, 0.25) is 5.95 Å². The predicted octanol–water partition coefficient (Wildman–Crippen LogP) is 2.74. The zero-order chi connectivity index (χ0) is 20.3. The van der Waals surface area contributed by atoms with Gasteiger partial charge < -0.3 is 15.1 Å². The molecule has 28 heavy (non-hydrogen) atoms. The van der Waals surface area contributed by atoms with Crippen LogP contribution in [0, 0.1) is 17.0 Å². The molecule has 1 aromatic carbocycles. The number of benzene rings is 1. The number of anilines is 2. The van der Waals surface area contributed by atoms with E-state index in [4.69, 9.17) is 11.6 Å². The average molecular weight is 405 g/mol. The van der Waals surface area contributed by atoms with Crippen LogP contribution >= 0.6 is 11.6 Å². The Balaban J connectivity index is 1.68.